The van der Waals surface area contributed by atoms with Gasteiger partial charge in [0, 0.05) is 17.7 Å². The van der Waals surface area contributed by atoms with Gasteiger partial charge in [-0.15, -0.1) is 0 Å². The highest BCUT2D eigenvalue weighted by Gasteiger charge is 2.23. The first-order chi connectivity index (χ1) is 14.0. The van der Waals surface area contributed by atoms with Crippen molar-refractivity contribution in [2.45, 2.75) is 33.2 Å². The van der Waals surface area contributed by atoms with E-state index in [1.165, 1.54) is 0 Å². The van der Waals surface area contributed by atoms with Crippen molar-refractivity contribution >= 4 is 17.6 Å². The van der Waals surface area contributed by atoms with Crippen molar-refractivity contribution in [1.82, 2.24) is 10.1 Å². The lowest BCUT2D eigenvalue weighted by Gasteiger charge is -2.28. The van der Waals surface area contributed by atoms with Crippen molar-refractivity contribution in [1.29, 1.82) is 0 Å². The number of nitrogens with zero attached hydrogens (tertiary/aromatic N) is 2. The van der Waals surface area contributed by atoms with Crippen molar-refractivity contribution in [2.24, 2.45) is 0 Å². The maximum Gasteiger partial charge on any atom is 0.254 e. The SMILES string of the molecule is CC[C@H](C)N(CC(=O)Nc1cc(C)on1)C(=O)c1ccc(-c2ccccc2)cc1. The summed E-state index contributed by atoms with van der Waals surface area (Å²) in [6, 6.07) is 19.0. The Balaban J connectivity index is 1.74. The first-order valence-corrected chi connectivity index (χ1v) is 9.67. The molecule has 0 aliphatic carbocycles. The summed E-state index contributed by atoms with van der Waals surface area (Å²) >= 11 is 0. The molecule has 6 nitrogen and oxygen atoms in total. The number of nitrogens with one attached hydrogen (secondary N) is 1. The van der Waals surface area contributed by atoms with Crippen molar-refractivity contribution < 1.29 is 14.1 Å². The number of aryl methyl sites for hydroxylation is 1. The quantitative estimate of drug-likeness (QED) is 0.642. The molecule has 0 saturated heterocycles. The van der Waals surface area contributed by atoms with Crippen LogP contribution in [0, 0.1) is 6.92 Å². The van der Waals surface area contributed by atoms with Crippen LogP contribution in [-0.2, 0) is 4.79 Å². The van der Waals surface area contributed by atoms with Gasteiger partial charge < -0.3 is 14.7 Å². The Morgan fingerprint density at radius 1 is 1.07 bits per heavy atom. The molecule has 6 heteroatoms. The van der Waals surface area contributed by atoms with E-state index >= 15 is 0 Å². The van der Waals surface area contributed by atoms with Crippen molar-refractivity contribution in [3.63, 3.8) is 0 Å². The monoisotopic (exact) mass is 391 g/mol. The zero-order chi connectivity index (χ0) is 20.8. The Morgan fingerprint density at radius 3 is 2.31 bits per heavy atom. The van der Waals surface area contributed by atoms with Gasteiger partial charge in [0.15, 0.2) is 5.82 Å². The number of carbonyl (C=O) groups is 2. The van der Waals surface area contributed by atoms with Gasteiger partial charge in [-0.25, -0.2) is 0 Å². The van der Waals surface area contributed by atoms with Crippen molar-refractivity contribution in [3.8, 4) is 11.1 Å². The summed E-state index contributed by atoms with van der Waals surface area (Å²) in [5.41, 5.74) is 2.68. The Morgan fingerprint density at radius 2 is 1.72 bits per heavy atom. The molecule has 29 heavy (non-hydrogen) atoms. The van der Waals surface area contributed by atoms with E-state index in [4.69, 9.17) is 4.52 Å². The van der Waals surface area contributed by atoms with Crippen LogP contribution in [0.25, 0.3) is 11.1 Å². The number of anilines is 1. The minimum Gasteiger partial charge on any atom is -0.360 e. The Labute approximate surface area is 170 Å². The fourth-order valence-corrected chi connectivity index (χ4v) is 3.01. The van der Waals surface area contributed by atoms with Crippen LogP contribution in [0.3, 0.4) is 0 Å². The van der Waals surface area contributed by atoms with E-state index in [0.29, 0.717) is 17.1 Å². The summed E-state index contributed by atoms with van der Waals surface area (Å²) in [6.07, 6.45) is 0.740. The fraction of sp³-hybridized carbons (Fsp3) is 0.261. The fourth-order valence-electron chi connectivity index (χ4n) is 3.01. The zero-order valence-corrected chi connectivity index (χ0v) is 16.9. The van der Waals surface area contributed by atoms with E-state index in [-0.39, 0.29) is 24.4 Å². The van der Waals surface area contributed by atoms with E-state index in [1.807, 2.05) is 56.3 Å². The third-order valence-electron chi connectivity index (χ3n) is 4.83. The molecule has 0 spiro atoms. The molecule has 0 unspecified atom stereocenters. The molecule has 0 saturated carbocycles. The molecular weight excluding hydrogens is 366 g/mol. The van der Waals surface area contributed by atoms with Gasteiger partial charge in [-0.2, -0.15) is 0 Å². The maximum absolute atomic E-state index is 13.1. The van der Waals surface area contributed by atoms with Gasteiger partial charge in [0.05, 0.1) is 0 Å². The molecular formula is C23H25N3O3. The normalized spacial score (nSPS) is 11.7. The summed E-state index contributed by atoms with van der Waals surface area (Å²) in [6.45, 7) is 5.61. The zero-order valence-electron chi connectivity index (χ0n) is 16.9. The predicted octanol–water partition coefficient (Wildman–Crippen LogP) is 4.53. The molecule has 0 fully saturated rings. The molecule has 0 aliphatic heterocycles. The molecule has 150 valence electrons. The van der Waals surface area contributed by atoms with Crippen LogP contribution >= 0.6 is 0 Å². The molecule has 0 radical (unpaired) electrons. The summed E-state index contributed by atoms with van der Waals surface area (Å²) in [4.78, 5) is 27.1. The molecule has 1 N–H and O–H groups in total. The Hall–Kier alpha value is -3.41. The van der Waals surface area contributed by atoms with Crippen molar-refractivity contribution in [3.05, 3.63) is 72.0 Å². The maximum atomic E-state index is 13.1. The van der Waals surface area contributed by atoms with Crippen molar-refractivity contribution in [2.75, 3.05) is 11.9 Å². The highest BCUT2D eigenvalue weighted by atomic mass is 16.5. The second-order valence-electron chi connectivity index (χ2n) is 7.00. The molecule has 1 heterocycles. The Kier molecular flexibility index (Phi) is 6.44. The van der Waals surface area contributed by atoms with Gasteiger partial charge in [-0.05, 0) is 43.5 Å². The minimum atomic E-state index is -0.312. The first kappa shape index (κ1) is 20.3. The van der Waals surface area contributed by atoms with Gasteiger partial charge in [0.1, 0.15) is 12.3 Å². The van der Waals surface area contributed by atoms with E-state index in [1.54, 1.807) is 30.0 Å². The first-order valence-electron chi connectivity index (χ1n) is 9.67. The number of amides is 2. The van der Waals surface area contributed by atoms with Crippen LogP contribution < -0.4 is 5.32 Å². The highest BCUT2D eigenvalue weighted by molar-refractivity contribution is 5.99. The molecule has 3 aromatic rings. The number of rotatable bonds is 7. The van der Waals surface area contributed by atoms with E-state index < -0.39 is 0 Å². The molecule has 2 aromatic carbocycles. The lowest BCUT2D eigenvalue weighted by atomic mass is 10.0. The van der Waals surface area contributed by atoms with Gasteiger partial charge in [0.2, 0.25) is 5.91 Å². The summed E-state index contributed by atoms with van der Waals surface area (Å²) < 4.78 is 4.96. The summed E-state index contributed by atoms with van der Waals surface area (Å²) in [5.74, 6) is 0.461. The molecule has 0 bridgehead atoms. The lowest BCUT2D eigenvalue weighted by molar-refractivity contribution is -0.117. The van der Waals surface area contributed by atoms with E-state index in [0.717, 1.165) is 17.5 Å². The number of carbonyl (C=O) groups excluding carboxylic acids is 2. The second-order valence-corrected chi connectivity index (χ2v) is 7.00. The van der Waals surface area contributed by atoms with Crippen LogP contribution in [0.2, 0.25) is 0 Å². The standard InChI is InChI=1S/C23H25N3O3/c1-4-16(2)26(15-22(27)24-21-14-17(3)29-25-21)23(28)20-12-10-19(11-13-20)18-8-6-5-7-9-18/h5-14,16H,4,15H2,1-3H3,(H,24,25,27)/t16-/m0/s1. The average Bonchev–Trinajstić information content (AvgIpc) is 3.16. The van der Waals surface area contributed by atoms with Gasteiger partial charge >= 0.3 is 0 Å². The highest BCUT2D eigenvalue weighted by Crippen LogP contribution is 2.20. The van der Waals surface area contributed by atoms with Crippen LogP contribution in [0.4, 0.5) is 5.82 Å². The summed E-state index contributed by atoms with van der Waals surface area (Å²) in [5, 5.41) is 6.43. The predicted molar refractivity (Wildman–Crippen MR) is 113 cm³/mol. The van der Waals surface area contributed by atoms with Crippen LogP contribution in [-0.4, -0.2) is 34.5 Å². The van der Waals surface area contributed by atoms with E-state index in [9.17, 15) is 9.59 Å². The number of hydrogen-bond acceptors (Lipinski definition) is 4. The van der Waals surface area contributed by atoms with Crippen LogP contribution in [0.15, 0.2) is 65.2 Å². The molecule has 1 aromatic heterocycles. The molecule has 2 amide bonds. The van der Waals surface area contributed by atoms with Gasteiger partial charge in [-0.3, -0.25) is 9.59 Å². The van der Waals surface area contributed by atoms with Crippen LogP contribution in [0.5, 0.6) is 0 Å². The lowest BCUT2D eigenvalue weighted by Crippen LogP contribution is -2.43. The largest absolute Gasteiger partial charge is 0.360 e. The third-order valence-corrected chi connectivity index (χ3v) is 4.83. The van der Waals surface area contributed by atoms with Crippen LogP contribution in [0.1, 0.15) is 36.4 Å². The number of benzene rings is 2. The second kappa shape index (κ2) is 9.19. The Bertz CT molecular complexity index is 965. The topological polar surface area (TPSA) is 75.4 Å². The average molecular weight is 391 g/mol. The smallest absolute Gasteiger partial charge is 0.254 e. The number of aromatic nitrogens is 1. The van der Waals surface area contributed by atoms with Gasteiger partial charge in [0.25, 0.3) is 5.91 Å². The number of hydrogen-bond donors (Lipinski definition) is 1. The molecule has 3 rings (SSSR count). The minimum absolute atomic E-state index is 0.0554. The third kappa shape index (κ3) is 5.10. The van der Waals surface area contributed by atoms with E-state index in [2.05, 4.69) is 10.5 Å². The molecule has 0 aliphatic rings. The van der Waals surface area contributed by atoms with Gasteiger partial charge in [-0.1, -0.05) is 54.5 Å². The summed E-state index contributed by atoms with van der Waals surface area (Å²) in [7, 11) is 0. The molecule has 1 atom stereocenters.